The molecule has 0 aliphatic rings. The van der Waals surface area contributed by atoms with Crippen LogP contribution in [0.4, 0.5) is 5.95 Å². The summed E-state index contributed by atoms with van der Waals surface area (Å²) in [6.45, 7) is 8.36. The highest BCUT2D eigenvalue weighted by atomic mass is 35.5. The van der Waals surface area contributed by atoms with Crippen molar-refractivity contribution in [2.75, 3.05) is 18.4 Å². The van der Waals surface area contributed by atoms with E-state index in [1.54, 1.807) is 24.3 Å². The van der Waals surface area contributed by atoms with Crippen molar-refractivity contribution in [2.45, 2.75) is 27.7 Å². The number of imidazole rings is 1. The number of carbonyl (C=O) groups is 2. The fourth-order valence-corrected chi connectivity index (χ4v) is 4.25. The fourth-order valence-electron chi connectivity index (χ4n) is 4.04. The van der Waals surface area contributed by atoms with Crippen LogP contribution in [0.2, 0.25) is 5.02 Å². The summed E-state index contributed by atoms with van der Waals surface area (Å²) in [5.74, 6) is -0.0619. The lowest BCUT2D eigenvalue weighted by molar-refractivity contribution is -0.117. The molecule has 1 aromatic heterocycles. The second-order valence-electron chi connectivity index (χ2n) is 9.63. The third kappa shape index (κ3) is 6.46. The maximum Gasteiger partial charge on any atom is 0.255 e. The summed E-state index contributed by atoms with van der Waals surface area (Å²) in [4.78, 5) is 32.8. The molecule has 3 aromatic carbocycles. The van der Waals surface area contributed by atoms with Gasteiger partial charge in [-0.3, -0.25) is 19.5 Å². The van der Waals surface area contributed by atoms with E-state index in [0.29, 0.717) is 23.1 Å². The number of benzene rings is 3. The number of halogens is 1. The van der Waals surface area contributed by atoms with E-state index >= 15 is 0 Å². The van der Waals surface area contributed by atoms with Crippen molar-refractivity contribution in [2.24, 2.45) is 5.92 Å². The van der Waals surface area contributed by atoms with Gasteiger partial charge in [0.15, 0.2) is 0 Å². The van der Waals surface area contributed by atoms with Crippen LogP contribution < -0.4 is 5.32 Å². The molecule has 0 aliphatic heterocycles. The molecule has 0 saturated heterocycles. The van der Waals surface area contributed by atoms with Crippen molar-refractivity contribution in [1.29, 1.82) is 0 Å². The maximum absolute atomic E-state index is 13.3. The molecule has 0 aliphatic carbocycles. The van der Waals surface area contributed by atoms with Crippen LogP contribution in [0.3, 0.4) is 0 Å². The predicted octanol–water partition coefficient (Wildman–Crippen LogP) is 6.55. The SMILES string of the molecule is Cc1ccc(-c2cn(-c3ccc(C)cc3)c(NC(=O)CN(CC(C)C)C(=O)c3ccccc3Cl)n2)cc1. The third-order valence-electron chi connectivity index (χ3n) is 5.93. The Hall–Kier alpha value is -3.90. The third-order valence-corrected chi connectivity index (χ3v) is 6.26. The molecule has 0 atom stereocenters. The molecule has 1 N–H and O–H groups in total. The summed E-state index contributed by atoms with van der Waals surface area (Å²) in [7, 11) is 0. The van der Waals surface area contributed by atoms with Gasteiger partial charge < -0.3 is 4.90 Å². The molecular formula is C30H31ClN4O2. The summed E-state index contributed by atoms with van der Waals surface area (Å²) in [5, 5.41) is 3.30. The number of aromatic nitrogens is 2. The smallest absolute Gasteiger partial charge is 0.255 e. The molecule has 0 unspecified atom stereocenters. The lowest BCUT2D eigenvalue weighted by Gasteiger charge is -2.24. The molecule has 1 heterocycles. The maximum atomic E-state index is 13.3. The summed E-state index contributed by atoms with van der Waals surface area (Å²) in [6.07, 6.45) is 1.91. The lowest BCUT2D eigenvalue weighted by atomic mass is 10.1. The Labute approximate surface area is 222 Å². The van der Waals surface area contributed by atoms with Crippen molar-refractivity contribution in [3.05, 3.63) is 101 Å². The van der Waals surface area contributed by atoms with Crippen molar-refractivity contribution < 1.29 is 9.59 Å². The van der Waals surface area contributed by atoms with Gasteiger partial charge in [-0.05, 0) is 44.0 Å². The minimum atomic E-state index is -0.338. The summed E-state index contributed by atoms with van der Waals surface area (Å²) in [6, 6.07) is 23.0. The molecule has 6 nitrogen and oxygen atoms in total. The first-order valence-electron chi connectivity index (χ1n) is 12.3. The number of carbonyl (C=O) groups excluding carboxylic acids is 2. The predicted molar refractivity (Wildman–Crippen MR) is 149 cm³/mol. The molecule has 7 heteroatoms. The number of rotatable bonds is 8. The number of amides is 2. The molecule has 0 radical (unpaired) electrons. The highest BCUT2D eigenvalue weighted by molar-refractivity contribution is 6.33. The second-order valence-corrected chi connectivity index (χ2v) is 10.0. The van der Waals surface area contributed by atoms with Crippen LogP contribution in [0.5, 0.6) is 0 Å². The first-order valence-corrected chi connectivity index (χ1v) is 12.7. The van der Waals surface area contributed by atoms with Gasteiger partial charge >= 0.3 is 0 Å². The zero-order chi connectivity index (χ0) is 26.5. The van der Waals surface area contributed by atoms with Crippen molar-refractivity contribution in [3.63, 3.8) is 0 Å². The van der Waals surface area contributed by atoms with Crippen LogP contribution in [0.25, 0.3) is 16.9 Å². The monoisotopic (exact) mass is 514 g/mol. The molecule has 2 amide bonds. The largest absolute Gasteiger partial charge is 0.329 e. The van der Waals surface area contributed by atoms with Crippen LogP contribution >= 0.6 is 11.6 Å². The average molecular weight is 515 g/mol. The molecule has 0 spiro atoms. The van der Waals surface area contributed by atoms with E-state index in [9.17, 15) is 9.59 Å². The normalized spacial score (nSPS) is 11.0. The van der Waals surface area contributed by atoms with Gasteiger partial charge in [-0.25, -0.2) is 4.98 Å². The minimum absolute atomic E-state index is 0.122. The Morgan fingerprint density at radius 2 is 1.57 bits per heavy atom. The van der Waals surface area contributed by atoms with Crippen LogP contribution in [0.15, 0.2) is 79.0 Å². The number of hydrogen-bond donors (Lipinski definition) is 1. The minimum Gasteiger partial charge on any atom is -0.329 e. The Bertz CT molecular complexity index is 1390. The van der Waals surface area contributed by atoms with E-state index in [0.717, 1.165) is 28.1 Å². The average Bonchev–Trinajstić information content (AvgIpc) is 3.27. The lowest BCUT2D eigenvalue weighted by Crippen LogP contribution is -2.40. The van der Waals surface area contributed by atoms with Crippen LogP contribution in [-0.2, 0) is 4.79 Å². The Morgan fingerprint density at radius 1 is 0.946 bits per heavy atom. The van der Waals surface area contributed by atoms with E-state index in [2.05, 4.69) is 5.32 Å². The summed E-state index contributed by atoms with van der Waals surface area (Å²) < 4.78 is 1.86. The first-order chi connectivity index (χ1) is 17.7. The molecule has 0 bridgehead atoms. The molecule has 4 rings (SSSR count). The number of anilines is 1. The zero-order valence-corrected chi connectivity index (χ0v) is 22.3. The van der Waals surface area contributed by atoms with Gasteiger partial charge in [-0.15, -0.1) is 0 Å². The Balaban J connectivity index is 1.63. The van der Waals surface area contributed by atoms with Gasteiger partial charge in [0, 0.05) is 24.0 Å². The second kappa shape index (κ2) is 11.4. The van der Waals surface area contributed by atoms with Crippen molar-refractivity contribution in [1.82, 2.24) is 14.5 Å². The summed E-state index contributed by atoms with van der Waals surface area (Å²) in [5.41, 5.74) is 5.22. The van der Waals surface area contributed by atoms with Crippen LogP contribution in [-0.4, -0.2) is 39.4 Å². The van der Waals surface area contributed by atoms with Gasteiger partial charge in [0.1, 0.15) is 6.54 Å². The topological polar surface area (TPSA) is 67.2 Å². The fraction of sp³-hybridized carbons (Fsp3) is 0.233. The van der Waals surface area contributed by atoms with Gasteiger partial charge in [0.05, 0.1) is 16.3 Å². The van der Waals surface area contributed by atoms with Crippen LogP contribution in [0, 0.1) is 19.8 Å². The molecule has 0 fully saturated rings. The molecule has 4 aromatic rings. The quantitative estimate of drug-likeness (QED) is 0.290. The van der Waals surface area contributed by atoms with E-state index in [-0.39, 0.29) is 24.3 Å². The van der Waals surface area contributed by atoms with Crippen molar-refractivity contribution in [3.8, 4) is 16.9 Å². The summed E-state index contributed by atoms with van der Waals surface area (Å²) >= 11 is 6.28. The molecular weight excluding hydrogens is 484 g/mol. The van der Waals surface area contributed by atoms with Crippen LogP contribution in [0.1, 0.15) is 35.3 Å². The van der Waals surface area contributed by atoms with E-state index < -0.39 is 0 Å². The van der Waals surface area contributed by atoms with Gasteiger partial charge in [-0.1, -0.05) is 85.1 Å². The van der Waals surface area contributed by atoms with Gasteiger partial charge in [-0.2, -0.15) is 0 Å². The number of hydrogen-bond acceptors (Lipinski definition) is 3. The Kier molecular flexibility index (Phi) is 8.09. The van der Waals surface area contributed by atoms with Crippen molar-refractivity contribution >= 4 is 29.4 Å². The highest BCUT2D eigenvalue weighted by Gasteiger charge is 2.23. The van der Waals surface area contributed by atoms with E-state index in [1.807, 2.05) is 87.0 Å². The van der Waals surface area contributed by atoms with E-state index in [4.69, 9.17) is 16.6 Å². The number of nitrogens with zero attached hydrogens (tertiary/aromatic N) is 3. The highest BCUT2D eigenvalue weighted by Crippen LogP contribution is 2.25. The van der Waals surface area contributed by atoms with Gasteiger partial charge in [0.25, 0.3) is 5.91 Å². The van der Waals surface area contributed by atoms with E-state index in [1.165, 1.54) is 4.90 Å². The molecule has 0 saturated carbocycles. The number of nitrogens with one attached hydrogen (secondary N) is 1. The Morgan fingerprint density at radius 3 is 2.19 bits per heavy atom. The molecule has 37 heavy (non-hydrogen) atoms. The molecule has 190 valence electrons. The standard InChI is InChI=1S/C30H31ClN4O2/c1-20(2)17-34(29(37)25-7-5-6-8-26(25)31)19-28(36)33-30-32-27(23-13-9-21(3)10-14-23)18-35(30)24-15-11-22(4)12-16-24/h5-16,18,20H,17,19H2,1-4H3,(H,32,33,36). The zero-order valence-electron chi connectivity index (χ0n) is 21.5. The number of aryl methyl sites for hydroxylation is 2. The van der Waals surface area contributed by atoms with Gasteiger partial charge in [0.2, 0.25) is 11.9 Å². The first kappa shape index (κ1) is 26.2.